The quantitative estimate of drug-likeness (QED) is 0.0290. The van der Waals surface area contributed by atoms with Crippen LogP contribution in [0.3, 0.4) is 0 Å². The van der Waals surface area contributed by atoms with Crippen LogP contribution >= 0.6 is 0 Å². The number of nitrogens with one attached hydrogen (secondary N) is 6. The van der Waals surface area contributed by atoms with Gasteiger partial charge in [0, 0.05) is 37.8 Å². The van der Waals surface area contributed by atoms with Gasteiger partial charge in [0.05, 0.1) is 18.8 Å². The Hall–Kier alpha value is -6.78. The monoisotopic (exact) mass is 898 g/mol. The molecule has 2 heterocycles. The van der Waals surface area contributed by atoms with E-state index in [1.54, 1.807) is 27.7 Å². The molecule has 8 atom stereocenters. The Morgan fingerprint density at radius 1 is 0.844 bits per heavy atom. The lowest BCUT2D eigenvalue weighted by Gasteiger charge is -2.31. The summed E-state index contributed by atoms with van der Waals surface area (Å²) in [5.41, 5.74) is 17.5. The lowest BCUT2D eigenvalue weighted by atomic mass is 9.96. The molecule has 3 rings (SSSR count). The second-order valence-electron chi connectivity index (χ2n) is 16.1. The molecule has 15 N–H and O–H groups in total. The minimum absolute atomic E-state index is 0.0436. The molecule has 0 aliphatic carbocycles. The zero-order valence-electron chi connectivity index (χ0n) is 36.4. The fraction of sp³-hybridized carbons (Fsp3) is 0.561. The molecular weight excluding hydrogens is 837 g/mol. The number of amides is 6. The van der Waals surface area contributed by atoms with Crippen LogP contribution in [0.1, 0.15) is 77.5 Å². The molecule has 352 valence electrons. The molecule has 1 aliphatic rings. The van der Waals surface area contributed by atoms with Crippen LogP contribution in [0, 0.1) is 11.8 Å². The minimum atomic E-state index is -1.49. The summed E-state index contributed by atoms with van der Waals surface area (Å²) in [7, 11) is 0. The fourth-order valence-electron chi connectivity index (χ4n) is 6.98. The van der Waals surface area contributed by atoms with E-state index in [2.05, 4.69) is 41.5 Å². The predicted octanol–water partition coefficient (Wildman–Crippen LogP) is -2.04. The number of aliphatic imine (C=N–C) groups is 1. The molecular formula is C41H62N12O11. The number of H-pyrrole nitrogens is 1. The lowest BCUT2D eigenvalue weighted by Crippen LogP contribution is -2.62. The van der Waals surface area contributed by atoms with Crippen molar-refractivity contribution in [3.63, 3.8) is 0 Å². The molecule has 23 nitrogen and oxygen atoms in total. The number of phenolic OH excluding ortho intramolecular Hbond substituents is 1. The number of imidazole rings is 1. The summed E-state index contributed by atoms with van der Waals surface area (Å²) in [4.78, 5) is 118. The standard InChI is InChI=1S/C41H62N12O11/c1-5-22(4)33(38(61)50-29(17-24-19-45-20-47-24)39(62)53-15-7-9-30(53)40(63)64)52-36(59)28(16-23-10-12-25(54)13-11-23)49-37(60)32(21(2)3)51-35(58)27(8-6-14-46-41(43)44)48-34(57)26(42)18-31(55)56/h10-13,19-22,26-30,32-33,54H,5-9,14-18,42H2,1-4H3,(H,45,47)(H,48,57)(H,49,60)(H,50,61)(H,51,58)(H,52,59)(H,55,56)(H,63,64)(H4,43,44,46)/t22-,26-,27-,28-,29-,30+,32-,33-/m0/s1. The summed E-state index contributed by atoms with van der Waals surface area (Å²) < 4.78 is 0. The average Bonchev–Trinajstić information content (AvgIpc) is 3.95. The number of hydrogen-bond donors (Lipinski definition) is 12. The van der Waals surface area contributed by atoms with Crippen LogP contribution in [-0.2, 0) is 51.2 Å². The van der Waals surface area contributed by atoms with Gasteiger partial charge in [0.1, 0.15) is 42.0 Å². The molecule has 0 spiro atoms. The van der Waals surface area contributed by atoms with Gasteiger partial charge in [0.15, 0.2) is 5.96 Å². The van der Waals surface area contributed by atoms with E-state index in [4.69, 9.17) is 22.3 Å². The number of nitrogens with zero attached hydrogens (tertiary/aromatic N) is 3. The van der Waals surface area contributed by atoms with Crippen LogP contribution in [0.5, 0.6) is 5.75 Å². The summed E-state index contributed by atoms with van der Waals surface area (Å²) in [6.07, 6.45) is 3.14. The molecule has 2 aromatic rings. The number of phenols is 1. The third-order valence-corrected chi connectivity index (χ3v) is 10.8. The molecule has 6 amide bonds. The summed E-state index contributed by atoms with van der Waals surface area (Å²) in [5.74, 6) is -8.67. The van der Waals surface area contributed by atoms with Gasteiger partial charge in [-0.1, -0.05) is 46.2 Å². The Morgan fingerprint density at radius 3 is 2.03 bits per heavy atom. The lowest BCUT2D eigenvalue weighted by molar-refractivity contribution is -0.149. The Balaban J connectivity index is 1.91. The van der Waals surface area contributed by atoms with E-state index in [9.17, 15) is 48.6 Å². The fourth-order valence-corrected chi connectivity index (χ4v) is 6.98. The highest BCUT2D eigenvalue weighted by atomic mass is 16.4. The number of carbonyl (C=O) groups is 8. The number of benzene rings is 1. The number of likely N-dealkylation sites (tertiary alicyclic amines) is 1. The number of guanidine groups is 1. The molecule has 1 aromatic heterocycles. The summed E-state index contributed by atoms with van der Waals surface area (Å²) >= 11 is 0. The molecule has 23 heteroatoms. The number of aliphatic carboxylic acids is 2. The first-order valence-corrected chi connectivity index (χ1v) is 21.0. The van der Waals surface area contributed by atoms with E-state index in [1.165, 1.54) is 41.7 Å². The first kappa shape index (κ1) is 51.6. The number of aromatic hydroxyl groups is 1. The maximum absolute atomic E-state index is 14.3. The van der Waals surface area contributed by atoms with Crippen molar-refractivity contribution < 1.29 is 53.7 Å². The van der Waals surface area contributed by atoms with Crippen LogP contribution in [0.25, 0.3) is 0 Å². The van der Waals surface area contributed by atoms with E-state index in [0.717, 1.165) is 0 Å². The Morgan fingerprint density at radius 2 is 1.45 bits per heavy atom. The van der Waals surface area contributed by atoms with Crippen molar-refractivity contribution in [1.29, 1.82) is 0 Å². The van der Waals surface area contributed by atoms with Crippen molar-refractivity contribution in [3.8, 4) is 5.75 Å². The largest absolute Gasteiger partial charge is 0.508 e. The normalized spacial score (nSPS) is 16.8. The van der Waals surface area contributed by atoms with Crippen molar-refractivity contribution in [2.45, 2.75) is 121 Å². The van der Waals surface area contributed by atoms with E-state index in [0.29, 0.717) is 24.1 Å². The second kappa shape index (κ2) is 24.8. The zero-order chi connectivity index (χ0) is 47.7. The zero-order valence-corrected chi connectivity index (χ0v) is 36.4. The van der Waals surface area contributed by atoms with Crippen molar-refractivity contribution >= 4 is 53.3 Å². The smallest absolute Gasteiger partial charge is 0.326 e. The van der Waals surface area contributed by atoms with Gasteiger partial charge in [-0.25, -0.2) is 9.78 Å². The minimum Gasteiger partial charge on any atom is -0.508 e. The number of hydrogen-bond acceptors (Lipinski definition) is 12. The Bertz CT molecular complexity index is 1960. The van der Waals surface area contributed by atoms with Gasteiger partial charge in [-0.3, -0.25) is 38.6 Å². The van der Waals surface area contributed by atoms with Crippen LogP contribution in [0.15, 0.2) is 41.8 Å². The molecule has 1 aliphatic heterocycles. The second-order valence-corrected chi connectivity index (χ2v) is 16.1. The SMILES string of the molecule is CC[C@H](C)[C@H](NC(=O)[C@H](Cc1ccc(O)cc1)NC(=O)[C@@H](NC(=O)[C@H](CCCN=C(N)N)NC(=O)[C@@H](N)CC(=O)O)C(C)C)C(=O)N[C@@H](Cc1cnc[nH]1)C(=O)N1CCC[C@@H]1C(=O)O. The molecule has 1 fully saturated rings. The summed E-state index contributed by atoms with van der Waals surface area (Å²) in [5, 5.41) is 42.0. The van der Waals surface area contributed by atoms with Crippen molar-refractivity contribution in [2.24, 2.45) is 34.0 Å². The van der Waals surface area contributed by atoms with Crippen molar-refractivity contribution in [2.75, 3.05) is 13.1 Å². The van der Waals surface area contributed by atoms with Gasteiger partial charge < -0.3 is 69.0 Å². The van der Waals surface area contributed by atoms with E-state index in [-0.39, 0.29) is 56.9 Å². The number of rotatable bonds is 25. The van der Waals surface area contributed by atoms with Crippen LogP contribution < -0.4 is 43.8 Å². The van der Waals surface area contributed by atoms with Gasteiger partial charge in [0.25, 0.3) is 0 Å². The highest BCUT2D eigenvalue weighted by Crippen LogP contribution is 2.20. The van der Waals surface area contributed by atoms with Crippen molar-refractivity contribution in [3.05, 3.63) is 48.0 Å². The number of aromatic amines is 1. The highest BCUT2D eigenvalue weighted by Gasteiger charge is 2.40. The molecule has 0 radical (unpaired) electrons. The van der Waals surface area contributed by atoms with E-state index in [1.807, 2.05) is 0 Å². The van der Waals surface area contributed by atoms with Gasteiger partial charge >= 0.3 is 11.9 Å². The first-order chi connectivity index (χ1) is 30.2. The van der Waals surface area contributed by atoms with Gasteiger partial charge in [-0.2, -0.15) is 0 Å². The van der Waals surface area contributed by atoms with Crippen LogP contribution in [-0.4, -0.2) is 139 Å². The molecule has 0 bridgehead atoms. The maximum Gasteiger partial charge on any atom is 0.326 e. The highest BCUT2D eigenvalue weighted by molar-refractivity contribution is 5.97. The number of nitrogens with two attached hydrogens (primary N) is 3. The Kier molecular flexibility index (Phi) is 19.9. The van der Waals surface area contributed by atoms with Gasteiger partial charge in [-0.15, -0.1) is 0 Å². The third-order valence-electron chi connectivity index (χ3n) is 10.8. The summed E-state index contributed by atoms with van der Waals surface area (Å²) in [6, 6.07) is -3.26. The van der Waals surface area contributed by atoms with Crippen molar-refractivity contribution in [1.82, 2.24) is 41.5 Å². The van der Waals surface area contributed by atoms with E-state index < -0.39 is 108 Å². The Labute approximate surface area is 370 Å². The van der Waals surface area contributed by atoms with Gasteiger partial charge in [-0.05, 0) is 55.2 Å². The first-order valence-electron chi connectivity index (χ1n) is 21.0. The molecule has 64 heavy (non-hydrogen) atoms. The average molecular weight is 899 g/mol. The van der Waals surface area contributed by atoms with E-state index >= 15 is 0 Å². The topological polar surface area (TPSA) is 380 Å². The maximum atomic E-state index is 14.3. The van der Waals surface area contributed by atoms with Gasteiger partial charge in [0.2, 0.25) is 35.4 Å². The molecule has 0 unspecified atom stereocenters. The van der Waals surface area contributed by atoms with Crippen LogP contribution in [0.4, 0.5) is 0 Å². The predicted molar refractivity (Wildman–Crippen MR) is 231 cm³/mol. The number of aromatic nitrogens is 2. The molecule has 1 saturated heterocycles. The third kappa shape index (κ3) is 15.8. The summed E-state index contributed by atoms with van der Waals surface area (Å²) in [6.45, 7) is 6.98. The number of carboxylic acids is 2. The number of carbonyl (C=O) groups excluding carboxylic acids is 6. The van der Waals surface area contributed by atoms with Crippen LogP contribution in [0.2, 0.25) is 0 Å². The molecule has 0 saturated carbocycles. The number of carboxylic acid groups (broad SMARTS) is 2. The molecule has 1 aromatic carbocycles.